The van der Waals surface area contributed by atoms with Gasteiger partial charge in [-0.1, -0.05) is 30.3 Å². The number of nitrogens with one attached hydrogen (secondary N) is 3. The molecule has 7 nitrogen and oxygen atoms in total. The van der Waals surface area contributed by atoms with Gasteiger partial charge in [0.2, 0.25) is 0 Å². The molecule has 1 aromatic carbocycles. The van der Waals surface area contributed by atoms with Crippen molar-refractivity contribution in [3.05, 3.63) is 60.1 Å². The van der Waals surface area contributed by atoms with E-state index >= 15 is 0 Å². The Morgan fingerprint density at radius 2 is 2.04 bits per heavy atom. The first kappa shape index (κ1) is 22.9. The topological polar surface area (TPSA) is 99.2 Å². The minimum atomic E-state index is -0.610. The lowest BCUT2D eigenvalue weighted by Crippen LogP contribution is -2.43. The number of aromatic nitrogens is 2. The van der Waals surface area contributed by atoms with Gasteiger partial charge in [-0.2, -0.15) is 0 Å². The zero-order valence-electron chi connectivity index (χ0n) is 14.6. The van der Waals surface area contributed by atoms with Crippen molar-refractivity contribution in [2.75, 3.05) is 18.4 Å². The summed E-state index contributed by atoms with van der Waals surface area (Å²) in [6.45, 7) is 1.79. The lowest BCUT2D eigenvalue weighted by Gasteiger charge is -2.30. The van der Waals surface area contributed by atoms with Gasteiger partial charge in [-0.05, 0) is 31.0 Å². The van der Waals surface area contributed by atoms with Gasteiger partial charge in [-0.3, -0.25) is 15.0 Å². The summed E-state index contributed by atoms with van der Waals surface area (Å²) in [7, 11) is 0. The van der Waals surface area contributed by atoms with E-state index in [-0.39, 0.29) is 30.4 Å². The molecule has 0 unspecified atom stereocenters. The lowest BCUT2D eigenvalue weighted by molar-refractivity contribution is -0.124. The molecule has 0 bridgehead atoms. The van der Waals surface area contributed by atoms with E-state index < -0.39 is 5.91 Å². The first-order valence-electron chi connectivity index (χ1n) is 8.16. The van der Waals surface area contributed by atoms with E-state index in [2.05, 4.69) is 32.7 Å². The van der Waals surface area contributed by atoms with E-state index in [1.807, 2.05) is 18.2 Å². The monoisotopic (exact) mass is 411 g/mol. The van der Waals surface area contributed by atoms with Crippen LogP contribution < -0.4 is 16.1 Å². The number of amides is 1. The summed E-state index contributed by atoms with van der Waals surface area (Å²) in [6.07, 6.45) is 7.80. The molecule has 0 spiro atoms. The number of carbonyl (C=O) groups is 1. The average molecular weight is 412 g/mol. The van der Waals surface area contributed by atoms with Crippen LogP contribution in [-0.2, 0) is 11.2 Å². The number of hydrogen-bond acceptors (Lipinski definition) is 6. The molecular weight excluding hydrogens is 389 g/mol. The number of halogens is 2. The van der Waals surface area contributed by atoms with Crippen molar-refractivity contribution in [2.45, 2.75) is 18.4 Å². The molecule has 0 radical (unpaired) electrons. The van der Waals surface area contributed by atoms with Crippen LogP contribution in [0.3, 0.4) is 0 Å². The molecule has 2 heterocycles. The Morgan fingerprint density at radius 1 is 1.26 bits per heavy atom. The lowest BCUT2D eigenvalue weighted by atomic mass is 9.90. The van der Waals surface area contributed by atoms with Crippen LogP contribution in [0.5, 0.6) is 0 Å². The van der Waals surface area contributed by atoms with Gasteiger partial charge >= 0.3 is 0 Å². The molecule has 1 aromatic heterocycles. The van der Waals surface area contributed by atoms with Crippen molar-refractivity contribution >= 4 is 42.6 Å². The van der Waals surface area contributed by atoms with Crippen molar-refractivity contribution in [2.24, 2.45) is 0 Å². The Hall–Kier alpha value is -2.19. The zero-order chi connectivity index (χ0) is 17.5. The second-order valence-corrected chi connectivity index (χ2v) is 6.13. The van der Waals surface area contributed by atoms with E-state index in [1.165, 1.54) is 17.7 Å². The van der Waals surface area contributed by atoms with Gasteiger partial charge in [0.1, 0.15) is 5.82 Å². The fourth-order valence-electron chi connectivity index (χ4n) is 3.02. The number of nitrogens with zero attached hydrogens (tertiary/aromatic N) is 2. The molecule has 1 aliphatic heterocycles. The summed E-state index contributed by atoms with van der Waals surface area (Å²) in [5.41, 5.74) is 3.22. The Labute approximate surface area is 170 Å². The highest BCUT2D eigenvalue weighted by molar-refractivity contribution is 5.90. The van der Waals surface area contributed by atoms with Gasteiger partial charge in [0, 0.05) is 12.6 Å². The van der Waals surface area contributed by atoms with Crippen molar-refractivity contribution in [1.82, 2.24) is 20.8 Å². The summed E-state index contributed by atoms with van der Waals surface area (Å²) in [5, 5.41) is 15.5. The Balaban J connectivity index is 0.00000182. The summed E-state index contributed by atoms with van der Waals surface area (Å²) in [4.78, 5) is 19.7. The second-order valence-electron chi connectivity index (χ2n) is 6.13. The number of rotatable bonds is 6. The van der Waals surface area contributed by atoms with Gasteiger partial charge in [-0.25, -0.2) is 10.5 Å². The summed E-state index contributed by atoms with van der Waals surface area (Å²) in [6, 6.07) is 10.4. The van der Waals surface area contributed by atoms with E-state index in [0.717, 1.165) is 25.9 Å². The fraction of sp³-hybridized carbons (Fsp3) is 0.278. The highest BCUT2D eigenvalue weighted by atomic mass is 35.5. The normalized spacial score (nSPS) is 18.4. The van der Waals surface area contributed by atoms with E-state index in [1.54, 1.807) is 17.9 Å². The third-order valence-electron chi connectivity index (χ3n) is 4.19. The number of carbonyl (C=O) groups excluding carboxylic acids is 1. The van der Waals surface area contributed by atoms with Gasteiger partial charge in [0.15, 0.2) is 0 Å². The summed E-state index contributed by atoms with van der Waals surface area (Å²) >= 11 is 0. The Bertz CT molecular complexity index is 752. The van der Waals surface area contributed by atoms with Crippen LogP contribution in [0.2, 0.25) is 0 Å². The summed E-state index contributed by atoms with van der Waals surface area (Å²) in [5.74, 6) is 0.0480. The van der Waals surface area contributed by atoms with Crippen LogP contribution in [-0.4, -0.2) is 39.7 Å². The van der Waals surface area contributed by atoms with Crippen LogP contribution in [0.15, 0.2) is 48.8 Å². The molecule has 2 aromatic rings. The van der Waals surface area contributed by atoms with Crippen molar-refractivity contribution in [3.8, 4) is 0 Å². The standard InChI is InChI=1S/C18H21N5O2.2ClH/c24-17(23-25)7-6-15-11-20-12-16(21-15)22-18(8-9-19-13-18)10-14-4-2-1-3-5-14;;/h1-7,11-12,19,25H,8-10,13H2,(H,21,22)(H,23,24);2*1H/b7-6+;;/t18-;;/m0../s1. The molecule has 1 aliphatic rings. The quantitative estimate of drug-likeness (QED) is 0.330. The van der Waals surface area contributed by atoms with Gasteiger partial charge in [0.25, 0.3) is 5.91 Å². The summed E-state index contributed by atoms with van der Waals surface area (Å²) < 4.78 is 0. The third-order valence-corrected chi connectivity index (χ3v) is 4.19. The van der Waals surface area contributed by atoms with Crippen LogP contribution in [0.1, 0.15) is 17.7 Å². The molecule has 9 heteroatoms. The molecule has 1 atom stereocenters. The molecule has 146 valence electrons. The van der Waals surface area contributed by atoms with Crippen LogP contribution in [0.25, 0.3) is 6.08 Å². The van der Waals surface area contributed by atoms with Crippen LogP contribution in [0, 0.1) is 0 Å². The van der Waals surface area contributed by atoms with Crippen molar-refractivity contribution in [1.29, 1.82) is 0 Å². The highest BCUT2D eigenvalue weighted by Gasteiger charge is 2.34. The molecule has 1 amide bonds. The molecule has 3 rings (SSSR count). The van der Waals surface area contributed by atoms with Crippen molar-refractivity contribution in [3.63, 3.8) is 0 Å². The number of benzene rings is 1. The predicted molar refractivity (Wildman–Crippen MR) is 109 cm³/mol. The van der Waals surface area contributed by atoms with Crippen molar-refractivity contribution < 1.29 is 10.0 Å². The van der Waals surface area contributed by atoms with E-state index in [9.17, 15) is 4.79 Å². The van der Waals surface area contributed by atoms with E-state index in [0.29, 0.717) is 11.5 Å². The fourth-order valence-corrected chi connectivity index (χ4v) is 3.02. The van der Waals surface area contributed by atoms with Gasteiger partial charge in [0.05, 0.1) is 23.6 Å². The third kappa shape index (κ3) is 6.48. The molecule has 0 aliphatic carbocycles. The first-order chi connectivity index (χ1) is 12.2. The number of hydroxylamine groups is 1. The minimum absolute atomic E-state index is 0. The Morgan fingerprint density at radius 3 is 2.70 bits per heavy atom. The Kier molecular flexibility index (Phi) is 9.17. The number of hydrogen-bond donors (Lipinski definition) is 4. The minimum Gasteiger partial charge on any atom is -0.362 e. The smallest absolute Gasteiger partial charge is 0.267 e. The predicted octanol–water partition coefficient (Wildman–Crippen LogP) is 2.23. The zero-order valence-corrected chi connectivity index (χ0v) is 16.2. The second kappa shape index (κ2) is 10.8. The van der Waals surface area contributed by atoms with Crippen LogP contribution >= 0.6 is 24.8 Å². The molecule has 0 saturated carbocycles. The molecular formula is C18H23Cl2N5O2. The molecule has 1 fully saturated rings. The highest BCUT2D eigenvalue weighted by Crippen LogP contribution is 2.25. The maximum absolute atomic E-state index is 11.1. The average Bonchev–Trinajstić information content (AvgIpc) is 3.08. The maximum atomic E-state index is 11.1. The van der Waals surface area contributed by atoms with Crippen LogP contribution in [0.4, 0.5) is 5.82 Å². The number of anilines is 1. The van der Waals surface area contributed by atoms with E-state index in [4.69, 9.17) is 5.21 Å². The molecule has 27 heavy (non-hydrogen) atoms. The first-order valence-corrected chi connectivity index (χ1v) is 8.16. The van der Waals surface area contributed by atoms with Gasteiger partial charge < -0.3 is 10.6 Å². The molecule has 1 saturated heterocycles. The SMILES string of the molecule is Cl.Cl.O=C(/C=C/c1cncc(N[C@]2(Cc3ccccc3)CCNC2)n1)NO. The largest absolute Gasteiger partial charge is 0.362 e. The van der Waals surface area contributed by atoms with Gasteiger partial charge in [-0.15, -0.1) is 24.8 Å². The molecule has 4 N–H and O–H groups in total. The maximum Gasteiger partial charge on any atom is 0.267 e.